The molecular formula is C13H17NO3S. The van der Waals surface area contributed by atoms with Crippen molar-refractivity contribution in [1.82, 2.24) is 5.32 Å². The molecule has 1 heterocycles. The molecule has 0 spiro atoms. The van der Waals surface area contributed by atoms with Crippen LogP contribution in [0.15, 0.2) is 17.5 Å². The van der Waals surface area contributed by atoms with Crippen LogP contribution < -0.4 is 5.32 Å². The molecule has 1 aromatic heterocycles. The summed E-state index contributed by atoms with van der Waals surface area (Å²) in [5.41, 5.74) is -0.114. The van der Waals surface area contributed by atoms with Gasteiger partial charge < -0.3 is 10.4 Å². The van der Waals surface area contributed by atoms with Gasteiger partial charge in [-0.05, 0) is 17.9 Å². The normalized spacial score (nSPS) is 22.6. The fraction of sp³-hybridized carbons (Fsp3) is 0.538. The van der Waals surface area contributed by atoms with E-state index < -0.39 is 11.9 Å². The SMILES string of the molecule is CC(C)(CNC(=O)[C@H]1C[C@H]1C(=O)O)c1cccs1. The van der Waals surface area contributed by atoms with E-state index in [0.29, 0.717) is 13.0 Å². The van der Waals surface area contributed by atoms with Gasteiger partial charge in [-0.1, -0.05) is 19.9 Å². The smallest absolute Gasteiger partial charge is 0.307 e. The topological polar surface area (TPSA) is 66.4 Å². The van der Waals surface area contributed by atoms with Crippen molar-refractivity contribution in [2.24, 2.45) is 11.8 Å². The van der Waals surface area contributed by atoms with E-state index >= 15 is 0 Å². The first-order valence-electron chi connectivity index (χ1n) is 5.96. The van der Waals surface area contributed by atoms with Crippen LogP contribution in [-0.2, 0) is 15.0 Å². The summed E-state index contributed by atoms with van der Waals surface area (Å²) >= 11 is 1.67. The minimum atomic E-state index is -0.868. The molecule has 5 heteroatoms. The fourth-order valence-corrected chi connectivity index (χ4v) is 2.80. The van der Waals surface area contributed by atoms with E-state index in [2.05, 4.69) is 19.2 Å². The summed E-state index contributed by atoms with van der Waals surface area (Å²) in [6, 6.07) is 4.04. The van der Waals surface area contributed by atoms with E-state index in [9.17, 15) is 9.59 Å². The second kappa shape index (κ2) is 4.72. The zero-order valence-electron chi connectivity index (χ0n) is 10.5. The number of hydrogen-bond acceptors (Lipinski definition) is 3. The average molecular weight is 267 g/mol. The number of carbonyl (C=O) groups excluding carboxylic acids is 1. The monoisotopic (exact) mass is 267 g/mol. The lowest BCUT2D eigenvalue weighted by Crippen LogP contribution is -2.37. The fourth-order valence-electron chi connectivity index (χ4n) is 1.95. The van der Waals surface area contributed by atoms with Gasteiger partial charge in [-0.2, -0.15) is 0 Å². The predicted molar refractivity (Wildman–Crippen MR) is 69.6 cm³/mol. The number of nitrogens with one attached hydrogen (secondary N) is 1. The van der Waals surface area contributed by atoms with Gasteiger partial charge in [-0.25, -0.2) is 0 Å². The number of carbonyl (C=O) groups is 2. The summed E-state index contributed by atoms with van der Waals surface area (Å²) in [6.45, 7) is 4.68. The highest BCUT2D eigenvalue weighted by Gasteiger charge is 2.48. The molecular weight excluding hydrogens is 250 g/mol. The van der Waals surface area contributed by atoms with Crippen LogP contribution in [0.3, 0.4) is 0 Å². The Morgan fingerprint density at radius 1 is 1.50 bits per heavy atom. The van der Waals surface area contributed by atoms with Gasteiger partial charge in [0, 0.05) is 16.8 Å². The van der Waals surface area contributed by atoms with Crippen molar-refractivity contribution in [3.8, 4) is 0 Å². The van der Waals surface area contributed by atoms with Gasteiger partial charge in [0.1, 0.15) is 0 Å². The molecule has 1 saturated carbocycles. The van der Waals surface area contributed by atoms with Gasteiger partial charge in [0.2, 0.25) is 5.91 Å². The van der Waals surface area contributed by atoms with Crippen molar-refractivity contribution >= 4 is 23.2 Å². The van der Waals surface area contributed by atoms with E-state index in [1.54, 1.807) is 11.3 Å². The van der Waals surface area contributed by atoms with Crippen LogP contribution in [0.5, 0.6) is 0 Å². The van der Waals surface area contributed by atoms with Crippen molar-refractivity contribution in [3.63, 3.8) is 0 Å². The highest BCUT2D eigenvalue weighted by Crippen LogP contribution is 2.38. The van der Waals surface area contributed by atoms with E-state index in [4.69, 9.17) is 5.11 Å². The van der Waals surface area contributed by atoms with Crippen LogP contribution >= 0.6 is 11.3 Å². The number of amides is 1. The number of rotatable bonds is 5. The van der Waals surface area contributed by atoms with Crippen molar-refractivity contribution in [2.45, 2.75) is 25.7 Å². The quantitative estimate of drug-likeness (QED) is 0.855. The number of aliphatic carboxylic acids is 1. The lowest BCUT2D eigenvalue weighted by molar-refractivity contribution is -0.140. The maximum Gasteiger partial charge on any atom is 0.307 e. The zero-order chi connectivity index (χ0) is 13.3. The van der Waals surface area contributed by atoms with Crippen molar-refractivity contribution < 1.29 is 14.7 Å². The number of hydrogen-bond donors (Lipinski definition) is 2. The van der Waals surface area contributed by atoms with E-state index in [-0.39, 0.29) is 17.2 Å². The number of carboxylic acid groups (broad SMARTS) is 1. The Morgan fingerprint density at radius 2 is 2.22 bits per heavy atom. The van der Waals surface area contributed by atoms with Crippen LogP contribution in [-0.4, -0.2) is 23.5 Å². The standard InChI is InChI=1S/C13H17NO3S/c1-13(2,10-4-3-5-18-10)7-14-11(15)8-6-9(8)12(16)17/h3-5,8-9H,6-7H2,1-2H3,(H,14,15)(H,16,17)/t8-,9+/m0/s1. The molecule has 18 heavy (non-hydrogen) atoms. The Kier molecular flexibility index (Phi) is 3.43. The first-order chi connectivity index (χ1) is 8.42. The molecule has 98 valence electrons. The van der Waals surface area contributed by atoms with E-state index in [0.717, 1.165) is 0 Å². The number of thiophene rings is 1. The molecule has 0 aromatic carbocycles. The predicted octanol–water partition coefficient (Wildman–Crippen LogP) is 1.86. The van der Waals surface area contributed by atoms with Crippen LogP contribution in [0.1, 0.15) is 25.1 Å². The zero-order valence-corrected chi connectivity index (χ0v) is 11.3. The molecule has 1 aliphatic rings. The molecule has 0 bridgehead atoms. The van der Waals surface area contributed by atoms with E-state index in [1.807, 2.05) is 17.5 Å². The molecule has 1 aliphatic carbocycles. The second-order valence-electron chi connectivity index (χ2n) is 5.37. The summed E-state index contributed by atoms with van der Waals surface area (Å²) in [7, 11) is 0. The van der Waals surface area contributed by atoms with Gasteiger partial charge in [-0.3, -0.25) is 9.59 Å². The average Bonchev–Trinajstić information content (AvgIpc) is 2.92. The van der Waals surface area contributed by atoms with Gasteiger partial charge in [0.05, 0.1) is 11.8 Å². The Morgan fingerprint density at radius 3 is 2.72 bits per heavy atom. The molecule has 1 amide bonds. The van der Waals surface area contributed by atoms with Crippen LogP contribution in [0.4, 0.5) is 0 Å². The minimum Gasteiger partial charge on any atom is -0.481 e. The summed E-state index contributed by atoms with van der Waals surface area (Å²) in [4.78, 5) is 23.7. The van der Waals surface area contributed by atoms with Crippen LogP contribution in [0.25, 0.3) is 0 Å². The Bertz CT molecular complexity index is 453. The van der Waals surface area contributed by atoms with Crippen molar-refractivity contribution in [1.29, 1.82) is 0 Å². The van der Waals surface area contributed by atoms with Crippen LogP contribution in [0.2, 0.25) is 0 Å². The summed E-state index contributed by atoms with van der Waals surface area (Å²) in [5, 5.41) is 13.6. The molecule has 1 aromatic rings. The summed E-state index contributed by atoms with van der Waals surface area (Å²) < 4.78 is 0. The van der Waals surface area contributed by atoms with Crippen molar-refractivity contribution in [3.05, 3.63) is 22.4 Å². The lowest BCUT2D eigenvalue weighted by Gasteiger charge is -2.23. The highest BCUT2D eigenvalue weighted by molar-refractivity contribution is 7.10. The first kappa shape index (κ1) is 13.1. The Labute approximate surface area is 110 Å². The van der Waals surface area contributed by atoms with Gasteiger partial charge >= 0.3 is 5.97 Å². The molecule has 2 rings (SSSR count). The lowest BCUT2D eigenvalue weighted by atomic mass is 9.91. The third-order valence-electron chi connectivity index (χ3n) is 3.34. The second-order valence-corrected chi connectivity index (χ2v) is 6.31. The minimum absolute atomic E-state index is 0.114. The molecule has 4 nitrogen and oxygen atoms in total. The maximum absolute atomic E-state index is 11.8. The third kappa shape index (κ3) is 2.72. The molecule has 0 saturated heterocycles. The highest BCUT2D eigenvalue weighted by atomic mass is 32.1. The van der Waals surface area contributed by atoms with Crippen molar-refractivity contribution in [2.75, 3.05) is 6.54 Å². The van der Waals surface area contributed by atoms with Gasteiger partial charge in [-0.15, -0.1) is 11.3 Å². The summed E-state index contributed by atoms with van der Waals surface area (Å²) in [5.74, 6) is -1.81. The Balaban J connectivity index is 1.85. The maximum atomic E-state index is 11.8. The molecule has 1 fully saturated rings. The molecule has 2 atom stereocenters. The van der Waals surface area contributed by atoms with Crippen LogP contribution in [0, 0.1) is 11.8 Å². The Hall–Kier alpha value is -1.36. The molecule has 0 radical (unpaired) electrons. The largest absolute Gasteiger partial charge is 0.481 e. The van der Waals surface area contributed by atoms with Gasteiger partial charge in [0.25, 0.3) is 0 Å². The molecule has 0 unspecified atom stereocenters. The van der Waals surface area contributed by atoms with Gasteiger partial charge in [0.15, 0.2) is 0 Å². The first-order valence-corrected chi connectivity index (χ1v) is 6.84. The third-order valence-corrected chi connectivity index (χ3v) is 4.57. The summed E-state index contributed by atoms with van der Waals surface area (Å²) in [6.07, 6.45) is 0.473. The van der Waals surface area contributed by atoms with E-state index in [1.165, 1.54) is 4.88 Å². The molecule has 0 aliphatic heterocycles. The molecule has 2 N–H and O–H groups in total. The number of carboxylic acids is 1.